The van der Waals surface area contributed by atoms with Gasteiger partial charge in [-0.25, -0.2) is 0 Å². The van der Waals surface area contributed by atoms with E-state index in [-0.39, 0.29) is 5.92 Å². The lowest BCUT2D eigenvalue weighted by Gasteiger charge is -2.27. The molecule has 0 saturated heterocycles. The van der Waals surface area contributed by atoms with Gasteiger partial charge in [-0.1, -0.05) is 25.1 Å². The molecule has 15 heavy (non-hydrogen) atoms. The zero-order valence-electron chi connectivity index (χ0n) is 9.49. The molecule has 0 bridgehead atoms. The summed E-state index contributed by atoms with van der Waals surface area (Å²) in [5.74, 6) is 0.760. The topological polar surface area (TPSA) is 17.1 Å². The van der Waals surface area contributed by atoms with Crippen LogP contribution in [-0.4, -0.2) is 6.29 Å². The quantitative estimate of drug-likeness (QED) is 0.674. The first-order valence-corrected chi connectivity index (χ1v) is 5.75. The smallest absolute Gasteiger partial charge is 0.123 e. The summed E-state index contributed by atoms with van der Waals surface area (Å²) in [6.07, 6.45) is 4.49. The predicted octanol–water partition coefficient (Wildman–Crippen LogP) is 2.93. The summed E-state index contributed by atoms with van der Waals surface area (Å²) in [6, 6.07) is 6.52. The number of aldehydes is 1. The van der Waals surface area contributed by atoms with Crippen LogP contribution in [-0.2, 0) is 17.6 Å². The van der Waals surface area contributed by atoms with E-state index in [4.69, 9.17) is 0 Å². The monoisotopic (exact) mass is 202 g/mol. The molecule has 0 radical (unpaired) electrons. The molecule has 0 spiro atoms. The van der Waals surface area contributed by atoms with Gasteiger partial charge >= 0.3 is 0 Å². The summed E-state index contributed by atoms with van der Waals surface area (Å²) in [5, 5.41) is 0. The zero-order chi connectivity index (χ0) is 10.8. The Morgan fingerprint density at radius 1 is 1.47 bits per heavy atom. The van der Waals surface area contributed by atoms with Gasteiger partial charge in [0.05, 0.1) is 0 Å². The number of carbonyl (C=O) groups is 1. The van der Waals surface area contributed by atoms with Crippen LogP contribution in [0.1, 0.15) is 30.0 Å². The molecule has 2 unspecified atom stereocenters. The Kier molecular flexibility index (Phi) is 2.90. The third-order valence-electron chi connectivity index (χ3n) is 3.71. The van der Waals surface area contributed by atoms with E-state index in [1.165, 1.54) is 16.7 Å². The Bertz CT molecular complexity index is 368. The lowest BCUT2D eigenvalue weighted by atomic mass is 9.77. The van der Waals surface area contributed by atoms with Gasteiger partial charge in [0, 0.05) is 5.92 Å². The number of fused-ring (bicyclic) bond motifs is 1. The van der Waals surface area contributed by atoms with Crippen molar-refractivity contribution >= 4 is 6.29 Å². The normalized spacial score (nSPS) is 21.9. The number of carbonyl (C=O) groups excluding carboxylic acids is 1. The van der Waals surface area contributed by atoms with Crippen LogP contribution in [0.3, 0.4) is 0 Å². The highest BCUT2D eigenvalue weighted by molar-refractivity contribution is 5.54. The van der Waals surface area contributed by atoms with Crippen molar-refractivity contribution in [2.45, 2.75) is 33.1 Å². The molecule has 1 aliphatic rings. The van der Waals surface area contributed by atoms with Gasteiger partial charge < -0.3 is 4.79 Å². The van der Waals surface area contributed by atoms with E-state index >= 15 is 0 Å². The molecule has 0 aromatic heterocycles. The summed E-state index contributed by atoms with van der Waals surface area (Å²) in [5.41, 5.74) is 4.39. The molecule has 0 aliphatic heterocycles. The highest BCUT2D eigenvalue weighted by atomic mass is 16.1. The molecule has 0 saturated carbocycles. The Morgan fingerprint density at radius 2 is 2.27 bits per heavy atom. The number of hydrogen-bond acceptors (Lipinski definition) is 1. The van der Waals surface area contributed by atoms with Gasteiger partial charge in [0.1, 0.15) is 6.29 Å². The van der Waals surface area contributed by atoms with Gasteiger partial charge in [-0.3, -0.25) is 0 Å². The highest BCUT2D eigenvalue weighted by Crippen LogP contribution is 2.31. The summed E-state index contributed by atoms with van der Waals surface area (Å²) in [6.45, 7) is 4.22. The van der Waals surface area contributed by atoms with Crippen molar-refractivity contribution < 1.29 is 4.79 Å². The van der Waals surface area contributed by atoms with Crippen LogP contribution in [0.15, 0.2) is 18.2 Å². The van der Waals surface area contributed by atoms with Crippen molar-refractivity contribution in [3.05, 3.63) is 34.9 Å². The van der Waals surface area contributed by atoms with Gasteiger partial charge in [0.2, 0.25) is 0 Å². The minimum Gasteiger partial charge on any atom is -0.303 e. The lowest BCUT2D eigenvalue weighted by Crippen LogP contribution is -2.22. The molecular formula is C14H18O. The van der Waals surface area contributed by atoms with Gasteiger partial charge in [-0.2, -0.15) is 0 Å². The first-order chi connectivity index (χ1) is 7.22. The molecule has 2 rings (SSSR count). The van der Waals surface area contributed by atoms with E-state index in [2.05, 4.69) is 25.1 Å². The van der Waals surface area contributed by atoms with E-state index < -0.39 is 0 Å². The minimum absolute atomic E-state index is 0.207. The van der Waals surface area contributed by atoms with Crippen LogP contribution in [0, 0.1) is 18.8 Å². The fourth-order valence-electron chi connectivity index (χ4n) is 2.59. The molecule has 1 aromatic carbocycles. The van der Waals surface area contributed by atoms with Crippen molar-refractivity contribution in [2.24, 2.45) is 11.8 Å². The van der Waals surface area contributed by atoms with E-state index in [0.29, 0.717) is 5.92 Å². The number of rotatable bonds is 2. The Balaban J connectivity index is 2.24. The van der Waals surface area contributed by atoms with Crippen molar-refractivity contribution in [3.63, 3.8) is 0 Å². The van der Waals surface area contributed by atoms with Crippen LogP contribution in [0.4, 0.5) is 0 Å². The molecule has 0 N–H and O–H groups in total. The SMILES string of the molecule is Cc1cccc2c1CCC(C(C)C=O)C2. The second-order valence-corrected chi connectivity index (χ2v) is 4.71. The molecule has 0 heterocycles. The zero-order valence-corrected chi connectivity index (χ0v) is 9.49. The van der Waals surface area contributed by atoms with E-state index in [9.17, 15) is 4.79 Å². The number of benzene rings is 1. The molecular weight excluding hydrogens is 184 g/mol. The maximum absolute atomic E-state index is 10.8. The average molecular weight is 202 g/mol. The molecule has 0 fully saturated rings. The largest absolute Gasteiger partial charge is 0.303 e. The maximum Gasteiger partial charge on any atom is 0.123 e. The fourth-order valence-corrected chi connectivity index (χ4v) is 2.59. The van der Waals surface area contributed by atoms with Crippen LogP contribution in [0.2, 0.25) is 0 Å². The van der Waals surface area contributed by atoms with E-state index in [1.807, 2.05) is 6.92 Å². The van der Waals surface area contributed by atoms with Crippen LogP contribution >= 0.6 is 0 Å². The molecule has 1 heteroatoms. The Morgan fingerprint density at radius 3 is 3.00 bits per heavy atom. The van der Waals surface area contributed by atoms with Crippen molar-refractivity contribution in [1.82, 2.24) is 0 Å². The Hall–Kier alpha value is -1.11. The van der Waals surface area contributed by atoms with Crippen molar-refractivity contribution in [3.8, 4) is 0 Å². The van der Waals surface area contributed by atoms with Crippen LogP contribution in [0.5, 0.6) is 0 Å². The molecule has 0 amide bonds. The molecule has 2 atom stereocenters. The van der Waals surface area contributed by atoms with Gasteiger partial charge in [-0.15, -0.1) is 0 Å². The summed E-state index contributed by atoms with van der Waals surface area (Å²) in [4.78, 5) is 10.8. The maximum atomic E-state index is 10.8. The minimum atomic E-state index is 0.207. The summed E-state index contributed by atoms with van der Waals surface area (Å²) in [7, 11) is 0. The highest BCUT2D eigenvalue weighted by Gasteiger charge is 2.23. The second kappa shape index (κ2) is 4.18. The number of aryl methyl sites for hydroxylation is 1. The van der Waals surface area contributed by atoms with Gasteiger partial charge in [0.25, 0.3) is 0 Å². The van der Waals surface area contributed by atoms with Crippen LogP contribution < -0.4 is 0 Å². The first kappa shape index (κ1) is 10.4. The van der Waals surface area contributed by atoms with E-state index in [0.717, 1.165) is 25.5 Å². The summed E-state index contributed by atoms with van der Waals surface area (Å²) < 4.78 is 0. The number of hydrogen-bond donors (Lipinski definition) is 0. The van der Waals surface area contributed by atoms with Crippen LogP contribution in [0.25, 0.3) is 0 Å². The molecule has 1 nitrogen and oxygen atoms in total. The third kappa shape index (κ3) is 1.97. The molecule has 1 aliphatic carbocycles. The van der Waals surface area contributed by atoms with Crippen molar-refractivity contribution in [1.29, 1.82) is 0 Å². The predicted molar refractivity (Wildman–Crippen MR) is 61.9 cm³/mol. The van der Waals surface area contributed by atoms with Gasteiger partial charge in [-0.05, 0) is 48.8 Å². The first-order valence-electron chi connectivity index (χ1n) is 5.75. The third-order valence-corrected chi connectivity index (χ3v) is 3.71. The fraction of sp³-hybridized carbons (Fsp3) is 0.500. The summed E-state index contributed by atoms with van der Waals surface area (Å²) >= 11 is 0. The Labute approximate surface area is 91.5 Å². The molecule has 1 aromatic rings. The van der Waals surface area contributed by atoms with Gasteiger partial charge in [0.15, 0.2) is 0 Å². The molecule has 80 valence electrons. The van der Waals surface area contributed by atoms with Crippen molar-refractivity contribution in [2.75, 3.05) is 0 Å². The van der Waals surface area contributed by atoms with E-state index in [1.54, 1.807) is 0 Å². The lowest BCUT2D eigenvalue weighted by molar-refractivity contribution is -0.112. The standard InChI is InChI=1S/C14H18O/c1-10-4-3-5-13-8-12(11(2)9-15)6-7-14(10)13/h3-5,9,11-12H,6-8H2,1-2H3. The second-order valence-electron chi connectivity index (χ2n) is 4.71. The average Bonchev–Trinajstić information content (AvgIpc) is 2.28.